The molecule has 0 spiro atoms. The first-order valence-electron chi connectivity index (χ1n) is 14.0. The highest BCUT2D eigenvalue weighted by Gasteiger charge is 2.67. The van der Waals surface area contributed by atoms with Crippen LogP contribution in [-0.4, -0.2) is 27.7 Å². The van der Waals surface area contributed by atoms with Gasteiger partial charge in [0.15, 0.2) is 5.78 Å². The molecule has 32 heavy (non-hydrogen) atoms. The molecule has 0 aromatic carbocycles. The van der Waals surface area contributed by atoms with Gasteiger partial charge >= 0.3 is 0 Å². The van der Waals surface area contributed by atoms with Crippen molar-refractivity contribution < 1.29 is 15.0 Å². The number of hydrogen-bond donors (Lipinski definition) is 2. The molecule has 0 aliphatic heterocycles. The van der Waals surface area contributed by atoms with Crippen molar-refractivity contribution in [1.82, 2.24) is 0 Å². The van der Waals surface area contributed by atoms with Crippen LogP contribution in [-0.2, 0) is 4.79 Å². The molecule has 0 radical (unpaired) electrons. The first-order valence-corrected chi connectivity index (χ1v) is 14.0. The Kier molecular flexibility index (Phi) is 7.93. The van der Waals surface area contributed by atoms with Gasteiger partial charge in [0, 0.05) is 18.3 Å². The summed E-state index contributed by atoms with van der Waals surface area (Å²) in [6.45, 7) is 15.8. The lowest BCUT2D eigenvalue weighted by atomic mass is 9.43. The zero-order valence-corrected chi connectivity index (χ0v) is 22.1. The molecule has 0 aromatic heterocycles. The molecule has 3 nitrogen and oxygen atoms in total. The van der Waals surface area contributed by atoms with Gasteiger partial charge in [0.1, 0.15) is 5.60 Å². The highest BCUT2D eigenvalue weighted by atomic mass is 16.3. The molecular formula is C29H52O3. The summed E-state index contributed by atoms with van der Waals surface area (Å²) in [6, 6.07) is 0. The van der Waals surface area contributed by atoms with E-state index in [1.807, 2.05) is 13.8 Å². The average molecular weight is 449 g/mol. The van der Waals surface area contributed by atoms with E-state index >= 15 is 0 Å². The van der Waals surface area contributed by atoms with Crippen molar-refractivity contribution >= 4 is 5.78 Å². The number of ketones is 1. The Balaban J connectivity index is 0.00000141. The normalized spacial score (nSPS) is 46.6. The van der Waals surface area contributed by atoms with Gasteiger partial charge in [-0.25, -0.2) is 0 Å². The van der Waals surface area contributed by atoms with Gasteiger partial charge in [-0.15, -0.1) is 0 Å². The second-order valence-corrected chi connectivity index (χ2v) is 12.6. The third kappa shape index (κ3) is 4.12. The predicted octanol–water partition coefficient (Wildman–Crippen LogP) is 6.79. The number of aliphatic hydroxyl groups is 2. The maximum atomic E-state index is 13.3. The minimum absolute atomic E-state index is 0.0310. The van der Waals surface area contributed by atoms with Gasteiger partial charge in [0.25, 0.3) is 0 Å². The van der Waals surface area contributed by atoms with E-state index in [-0.39, 0.29) is 17.6 Å². The van der Waals surface area contributed by atoms with Crippen molar-refractivity contribution in [2.45, 2.75) is 131 Å². The van der Waals surface area contributed by atoms with Crippen molar-refractivity contribution in [2.75, 3.05) is 0 Å². The topological polar surface area (TPSA) is 57.5 Å². The molecule has 2 N–H and O–H groups in total. The largest absolute Gasteiger partial charge is 0.393 e. The lowest BCUT2D eigenvalue weighted by molar-refractivity contribution is -0.213. The fourth-order valence-corrected chi connectivity index (χ4v) is 8.62. The summed E-state index contributed by atoms with van der Waals surface area (Å²) < 4.78 is 0. The predicted molar refractivity (Wildman–Crippen MR) is 132 cm³/mol. The molecule has 0 bridgehead atoms. The van der Waals surface area contributed by atoms with Gasteiger partial charge in [-0.3, -0.25) is 4.79 Å². The third-order valence-electron chi connectivity index (χ3n) is 11.2. The molecule has 0 saturated heterocycles. The Morgan fingerprint density at radius 2 is 1.69 bits per heavy atom. The monoisotopic (exact) mass is 448 g/mol. The van der Waals surface area contributed by atoms with Gasteiger partial charge in [-0.05, 0) is 85.9 Å². The number of Topliss-reactive ketones (excluding diaryl/α,β-unsaturated/α-hetero) is 1. The Morgan fingerprint density at radius 1 is 1.00 bits per heavy atom. The summed E-state index contributed by atoms with van der Waals surface area (Å²) in [5.41, 5.74) is -1.27. The number of rotatable bonds is 5. The second kappa shape index (κ2) is 9.68. The number of hydrogen-bond acceptors (Lipinski definition) is 3. The molecule has 4 aliphatic rings. The maximum absolute atomic E-state index is 13.3. The number of carbonyl (C=O) groups excluding carboxylic acids is 1. The van der Waals surface area contributed by atoms with Crippen LogP contribution >= 0.6 is 0 Å². The van der Waals surface area contributed by atoms with Crippen LogP contribution in [0.2, 0.25) is 0 Å². The summed E-state index contributed by atoms with van der Waals surface area (Å²) >= 11 is 0. The highest BCUT2D eigenvalue weighted by molar-refractivity contribution is 5.89. The quantitative estimate of drug-likeness (QED) is 0.487. The Morgan fingerprint density at radius 3 is 2.34 bits per heavy atom. The molecule has 4 fully saturated rings. The van der Waals surface area contributed by atoms with Gasteiger partial charge in [-0.1, -0.05) is 61.3 Å². The summed E-state index contributed by atoms with van der Waals surface area (Å²) in [7, 11) is 0. The van der Waals surface area contributed by atoms with E-state index < -0.39 is 11.7 Å². The minimum Gasteiger partial charge on any atom is -0.393 e. The molecule has 4 aliphatic carbocycles. The van der Waals surface area contributed by atoms with Crippen LogP contribution < -0.4 is 0 Å². The second-order valence-electron chi connectivity index (χ2n) is 12.6. The number of aliphatic hydroxyl groups excluding tert-OH is 1. The molecule has 0 aromatic rings. The van der Waals surface area contributed by atoms with Crippen molar-refractivity contribution in [1.29, 1.82) is 0 Å². The lowest BCUT2D eigenvalue weighted by Crippen LogP contribution is -2.67. The summed E-state index contributed by atoms with van der Waals surface area (Å²) in [4.78, 5) is 13.3. The Hall–Kier alpha value is -0.410. The van der Waals surface area contributed by atoms with Crippen LogP contribution in [0.4, 0.5) is 0 Å². The summed E-state index contributed by atoms with van der Waals surface area (Å²) in [5.74, 6) is 3.93. The lowest BCUT2D eigenvalue weighted by Gasteiger charge is -2.63. The summed E-state index contributed by atoms with van der Waals surface area (Å²) in [5, 5.41) is 21.7. The fraction of sp³-hybridized carbons (Fsp3) is 0.966. The smallest absolute Gasteiger partial charge is 0.165 e. The van der Waals surface area contributed by atoms with Crippen molar-refractivity contribution in [3.63, 3.8) is 0 Å². The maximum Gasteiger partial charge on any atom is 0.165 e. The minimum atomic E-state index is -1.30. The van der Waals surface area contributed by atoms with Crippen molar-refractivity contribution in [3.05, 3.63) is 0 Å². The fourth-order valence-electron chi connectivity index (χ4n) is 8.62. The van der Waals surface area contributed by atoms with E-state index in [0.29, 0.717) is 29.6 Å². The number of carbonyl (C=O) groups is 1. The van der Waals surface area contributed by atoms with Gasteiger partial charge in [0.2, 0.25) is 0 Å². The zero-order valence-electron chi connectivity index (χ0n) is 22.1. The van der Waals surface area contributed by atoms with Crippen LogP contribution in [0.15, 0.2) is 0 Å². The van der Waals surface area contributed by atoms with Crippen LogP contribution in [0, 0.1) is 46.3 Å². The van der Waals surface area contributed by atoms with Gasteiger partial charge < -0.3 is 10.2 Å². The van der Waals surface area contributed by atoms with E-state index in [4.69, 9.17) is 0 Å². The van der Waals surface area contributed by atoms with Crippen LogP contribution in [0.5, 0.6) is 0 Å². The molecule has 9 atom stereocenters. The molecule has 0 heterocycles. The average Bonchev–Trinajstić information content (AvgIpc) is 3.08. The molecule has 6 unspecified atom stereocenters. The molecule has 4 rings (SSSR count). The zero-order chi connectivity index (χ0) is 23.9. The van der Waals surface area contributed by atoms with E-state index in [1.165, 1.54) is 38.5 Å². The highest BCUT2D eigenvalue weighted by Crippen LogP contribution is 2.68. The Labute approximate surface area is 198 Å². The Bertz CT molecular complexity index is 659. The molecule has 3 heteroatoms. The first kappa shape index (κ1) is 26.2. The van der Waals surface area contributed by atoms with Gasteiger partial charge in [0.05, 0.1) is 6.10 Å². The van der Waals surface area contributed by atoms with Gasteiger partial charge in [-0.2, -0.15) is 0 Å². The van der Waals surface area contributed by atoms with E-state index in [1.54, 1.807) is 0 Å². The SMILES string of the molecule is CC.CC(C)C(C)CCCC1CCC2C3CC(=O)[C@@]4(O)C[C@@H](O)CCC4(C)C3CC[C@]12C. The number of fused-ring (bicyclic) bond motifs is 5. The molecule has 0 amide bonds. The standard InChI is InChI=1S/C27H46O3.C2H6/c1-17(2)18(3)7-6-8-19-9-10-22-21-15-24(29)27(30)16-20(28)11-14-26(27,5)23(21)12-13-25(19,22)4;1-2/h17-23,28,30H,6-16H2,1-5H3;1-2H3/t18?,19?,20-,21?,22?,23?,25+,26?,27-;/m0./s1. The third-order valence-corrected chi connectivity index (χ3v) is 11.2. The van der Waals surface area contributed by atoms with Crippen molar-refractivity contribution in [2.24, 2.45) is 46.3 Å². The first-order chi connectivity index (χ1) is 15.0. The van der Waals surface area contributed by atoms with E-state index in [2.05, 4.69) is 34.6 Å². The molecule has 4 saturated carbocycles. The molecular weight excluding hydrogens is 396 g/mol. The molecule has 186 valence electrons. The van der Waals surface area contributed by atoms with Crippen molar-refractivity contribution in [3.8, 4) is 0 Å². The van der Waals surface area contributed by atoms with Crippen LogP contribution in [0.25, 0.3) is 0 Å². The van der Waals surface area contributed by atoms with E-state index in [0.717, 1.165) is 37.0 Å². The van der Waals surface area contributed by atoms with Crippen LogP contribution in [0.1, 0.15) is 119 Å². The summed E-state index contributed by atoms with van der Waals surface area (Å²) in [6.07, 6.45) is 10.8. The van der Waals surface area contributed by atoms with E-state index in [9.17, 15) is 15.0 Å². The van der Waals surface area contributed by atoms with Crippen LogP contribution in [0.3, 0.4) is 0 Å².